The second-order valence-electron chi connectivity index (χ2n) is 5.17. The summed E-state index contributed by atoms with van der Waals surface area (Å²) in [5.41, 5.74) is 3.94. The molecule has 24 heavy (non-hydrogen) atoms. The van der Waals surface area contributed by atoms with Gasteiger partial charge in [0.05, 0.1) is 0 Å². The number of sulfonamides is 1. The summed E-state index contributed by atoms with van der Waals surface area (Å²) >= 11 is 0. The molecule has 0 aliphatic carbocycles. The predicted molar refractivity (Wildman–Crippen MR) is 91.5 cm³/mol. The second kappa shape index (κ2) is 6.29. The lowest BCUT2D eigenvalue weighted by Crippen LogP contribution is -2.42. The fourth-order valence-corrected chi connectivity index (χ4v) is 3.56. The Labute approximate surface area is 140 Å². The minimum absolute atomic E-state index is 0.140. The van der Waals surface area contributed by atoms with Crippen molar-refractivity contribution in [2.45, 2.75) is 4.90 Å². The number of hydrogen-bond acceptors (Lipinski definition) is 4. The lowest BCUT2D eigenvalue weighted by atomic mass is 10.2. The van der Waals surface area contributed by atoms with E-state index < -0.39 is 10.0 Å². The van der Waals surface area contributed by atoms with Crippen molar-refractivity contribution >= 4 is 27.8 Å². The van der Waals surface area contributed by atoms with Crippen LogP contribution in [0.15, 0.2) is 70.0 Å². The Hall–Kier alpha value is -2.93. The van der Waals surface area contributed by atoms with Gasteiger partial charge in [-0.1, -0.05) is 42.5 Å². The Kier molecular flexibility index (Phi) is 4.18. The van der Waals surface area contributed by atoms with Gasteiger partial charge < -0.3 is 0 Å². The number of amidine groups is 1. The Morgan fingerprint density at radius 1 is 1.08 bits per heavy atom. The van der Waals surface area contributed by atoms with Crippen LogP contribution in [0.2, 0.25) is 0 Å². The topological polar surface area (TPSA) is 78.8 Å². The lowest BCUT2D eigenvalue weighted by molar-refractivity contribution is -0.119. The van der Waals surface area contributed by atoms with Crippen molar-refractivity contribution in [3.8, 4) is 0 Å². The molecule has 1 N–H and O–H groups in total. The van der Waals surface area contributed by atoms with Gasteiger partial charge in [0.25, 0.3) is 15.9 Å². The van der Waals surface area contributed by atoms with Gasteiger partial charge in [-0.05, 0) is 23.8 Å². The van der Waals surface area contributed by atoms with Gasteiger partial charge in [0, 0.05) is 18.7 Å². The molecule has 1 heterocycles. The van der Waals surface area contributed by atoms with E-state index in [1.807, 2.05) is 30.3 Å². The van der Waals surface area contributed by atoms with Gasteiger partial charge in [0.15, 0.2) is 5.84 Å². The number of fused-ring (bicyclic) bond motifs is 1. The van der Waals surface area contributed by atoms with Gasteiger partial charge in [-0.2, -0.15) is 8.42 Å². The third-order valence-electron chi connectivity index (χ3n) is 3.43. The fourth-order valence-electron chi connectivity index (χ4n) is 2.32. The quantitative estimate of drug-likeness (QED) is 0.667. The van der Waals surface area contributed by atoms with E-state index >= 15 is 0 Å². The first-order valence-electron chi connectivity index (χ1n) is 7.19. The van der Waals surface area contributed by atoms with Crippen LogP contribution < -0.4 is 5.43 Å². The molecule has 122 valence electrons. The zero-order valence-electron chi connectivity index (χ0n) is 12.9. The molecule has 2 aromatic carbocycles. The maximum absolute atomic E-state index is 12.0. The van der Waals surface area contributed by atoms with Crippen molar-refractivity contribution in [3.63, 3.8) is 0 Å². The first-order chi connectivity index (χ1) is 11.5. The number of hydrazine groups is 1. The third-order valence-corrected chi connectivity index (χ3v) is 4.76. The zero-order chi connectivity index (χ0) is 17.2. The van der Waals surface area contributed by atoms with E-state index in [1.54, 1.807) is 31.3 Å². The monoisotopic (exact) mass is 341 g/mol. The summed E-state index contributed by atoms with van der Waals surface area (Å²) in [6.07, 6.45) is 3.05. The highest BCUT2D eigenvalue weighted by Crippen LogP contribution is 2.26. The number of carbonyl (C=O) groups is 1. The second-order valence-corrected chi connectivity index (χ2v) is 6.74. The summed E-state index contributed by atoms with van der Waals surface area (Å²) in [5.74, 6) is -0.196. The van der Waals surface area contributed by atoms with Crippen LogP contribution in [-0.4, -0.2) is 32.2 Å². The van der Waals surface area contributed by atoms with E-state index in [1.165, 1.54) is 17.2 Å². The van der Waals surface area contributed by atoms with Crippen molar-refractivity contribution in [2.75, 3.05) is 7.05 Å². The molecule has 0 atom stereocenters. The first kappa shape index (κ1) is 15.9. The molecule has 3 rings (SSSR count). The normalized spacial score (nSPS) is 15.0. The third kappa shape index (κ3) is 3.21. The Bertz CT molecular complexity index is 935. The van der Waals surface area contributed by atoms with E-state index in [9.17, 15) is 13.2 Å². The minimum atomic E-state index is -3.71. The lowest BCUT2D eigenvalue weighted by Gasteiger charge is -2.18. The Morgan fingerprint density at radius 2 is 1.75 bits per heavy atom. The maximum atomic E-state index is 12.0. The molecule has 1 amide bonds. The molecule has 1 aliphatic heterocycles. The van der Waals surface area contributed by atoms with Crippen LogP contribution in [0.4, 0.5) is 0 Å². The molecule has 0 fully saturated rings. The highest BCUT2D eigenvalue weighted by atomic mass is 32.2. The molecule has 0 saturated heterocycles. The highest BCUT2D eigenvalue weighted by molar-refractivity contribution is 7.90. The standard InChI is InChI=1S/C17H15N3O3S/c1-20(18-16(21)12-11-13-7-3-2-4-8-13)17-14-9-5-6-10-15(14)24(22,23)19-17/h2-12H,1H3,(H,18,21)/b12-11+. The number of nitrogens with one attached hydrogen (secondary N) is 1. The van der Waals surface area contributed by atoms with Gasteiger partial charge in [-0.3, -0.25) is 15.2 Å². The average molecular weight is 341 g/mol. The van der Waals surface area contributed by atoms with Crippen molar-refractivity contribution in [1.29, 1.82) is 0 Å². The first-order valence-corrected chi connectivity index (χ1v) is 8.63. The van der Waals surface area contributed by atoms with Gasteiger partial charge in [-0.15, -0.1) is 4.40 Å². The molecule has 0 saturated carbocycles. The van der Waals surface area contributed by atoms with Crippen LogP contribution in [-0.2, 0) is 14.8 Å². The Morgan fingerprint density at radius 3 is 2.50 bits per heavy atom. The van der Waals surface area contributed by atoms with E-state index in [2.05, 4.69) is 9.82 Å². The molecule has 0 spiro atoms. The minimum Gasteiger partial charge on any atom is -0.270 e. The molecule has 0 radical (unpaired) electrons. The van der Waals surface area contributed by atoms with Crippen molar-refractivity contribution < 1.29 is 13.2 Å². The number of hydrogen-bond donors (Lipinski definition) is 1. The van der Waals surface area contributed by atoms with Crippen LogP contribution in [0.1, 0.15) is 11.1 Å². The summed E-state index contributed by atoms with van der Waals surface area (Å²) in [4.78, 5) is 12.2. The summed E-state index contributed by atoms with van der Waals surface area (Å²) in [6, 6.07) is 15.9. The van der Waals surface area contributed by atoms with Gasteiger partial charge in [0.2, 0.25) is 0 Å². The smallest absolute Gasteiger partial charge is 0.270 e. The van der Waals surface area contributed by atoms with Crippen LogP contribution in [0, 0.1) is 0 Å². The van der Waals surface area contributed by atoms with Crippen LogP contribution >= 0.6 is 0 Å². The number of nitrogens with zero attached hydrogens (tertiary/aromatic N) is 2. The van der Waals surface area contributed by atoms with Crippen molar-refractivity contribution in [3.05, 3.63) is 71.8 Å². The number of rotatable bonds is 2. The average Bonchev–Trinajstić information content (AvgIpc) is 2.86. The van der Waals surface area contributed by atoms with Crippen LogP contribution in [0.25, 0.3) is 6.08 Å². The largest absolute Gasteiger partial charge is 0.285 e. The number of benzene rings is 2. The SMILES string of the molecule is CN(NC(=O)/C=C/c1ccccc1)C1=NS(=O)(=O)c2ccccc21. The van der Waals surface area contributed by atoms with Crippen molar-refractivity contribution in [2.24, 2.45) is 4.40 Å². The molecule has 0 bridgehead atoms. The number of carbonyl (C=O) groups excluding carboxylic acids is 1. The van der Waals surface area contributed by atoms with E-state index in [-0.39, 0.29) is 16.6 Å². The predicted octanol–water partition coefficient (Wildman–Crippen LogP) is 1.81. The summed E-state index contributed by atoms with van der Waals surface area (Å²) in [7, 11) is -2.17. The number of amides is 1. The summed E-state index contributed by atoms with van der Waals surface area (Å²) in [6.45, 7) is 0. The molecule has 2 aromatic rings. The maximum Gasteiger partial charge on any atom is 0.285 e. The molecular weight excluding hydrogens is 326 g/mol. The molecule has 0 aromatic heterocycles. The molecular formula is C17H15N3O3S. The summed E-state index contributed by atoms with van der Waals surface area (Å²) in [5, 5.41) is 1.31. The molecule has 6 nitrogen and oxygen atoms in total. The summed E-state index contributed by atoms with van der Waals surface area (Å²) < 4.78 is 27.8. The van der Waals surface area contributed by atoms with Gasteiger partial charge in [-0.25, -0.2) is 0 Å². The van der Waals surface area contributed by atoms with Gasteiger partial charge >= 0.3 is 0 Å². The molecule has 0 unspecified atom stereocenters. The molecule has 1 aliphatic rings. The molecule has 7 heteroatoms. The van der Waals surface area contributed by atoms with Crippen LogP contribution in [0.3, 0.4) is 0 Å². The van der Waals surface area contributed by atoms with E-state index in [0.717, 1.165) is 5.56 Å². The van der Waals surface area contributed by atoms with E-state index in [4.69, 9.17) is 0 Å². The van der Waals surface area contributed by atoms with Gasteiger partial charge in [0.1, 0.15) is 4.90 Å². The Balaban J connectivity index is 1.75. The van der Waals surface area contributed by atoms with Crippen LogP contribution in [0.5, 0.6) is 0 Å². The zero-order valence-corrected chi connectivity index (χ0v) is 13.7. The fraction of sp³-hybridized carbons (Fsp3) is 0.0588. The van der Waals surface area contributed by atoms with Crippen molar-refractivity contribution in [1.82, 2.24) is 10.4 Å². The van der Waals surface area contributed by atoms with E-state index in [0.29, 0.717) is 5.56 Å². The highest BCUT2D eigenvalue weighted by Gasteiger charge is 2.30.